The summed E-state index contributed by atoms with van der Waals surface area (Å²) in [5, 5.41) is 1.96. The van der Waals surface area contributed by atoms with Gasteiger partial charge in [-0.1, -0.05) is 0 Å². The Morgan fingerprint density at radius 1 is 1.42 bits per heavy atom. The van der Waals surface area contributed by atoms with Crippen molar-refractivity contribution in [2.75, 3.05) is 5.43 Å². The second-order valence-electron chi connectivity index (χ2n) is 5.22. The van der Waals surface area contributed by atoms with Crippen LogP contribution in [0, 0.1) is 0 Å². The summed E-state index contributed by atoms with van der Waals surface area (Å²) < 4.78 is 31.0. The number of hydrogen-bond acceptors (Lipinski definition) is 9. The molecular formula is C13H15N4NaO7S. The van der Waals surface area contributed by atoms with Crippen LogP contribution in [-0.2, 0) is 24.5 Å². The molecule has 2 amide bonds. The zero-order valence-electron chi connectivity index (χ0n) is 15.2. The predicted molar refractivity (Wildman–Crippen MR) is 85.0 cm³/mol. The summed E-state index contributed by atoms with van der Waals surface area (Å²) in [4.78, 5) is 43.9. The second-order valence-corrected chi connectivity index (χ2v) is 6.81. The van der Waals surface area contributed by atoms with E-state index in [0.29, 0.717) is 5.82 Å². The van der Waals surface area contributed by atoms with Crippen LogP contribution in [0.1, 0.15) is 32.1 Å². The number of pyridine rings is 1. The Kier molecular flexibility index (Phi) is 7.41. The van der Waals surface area contributed by atoms with Crippen molar-refractivity contribution in [2.45, 2.75) is 25.5 Å². The maximum Gasteiger partial charge on any atom is 1.00 e. The molecule has 136 valence electrons. The third-order valence-corrected chi connectivity index (χ3v) is 4.08. The minimum absolute atomic E-state index is 0. The van der Waals surface area contributed by atoms with E-state index in [2.05, 4.69) is 20.3 Å². The molecule has 0 spiro atoms. The first kappa shape index (κ1) is 22.2. The normalized spacial score (nSPS) is 16.7. The van der Waals surface area contributed by atoms with Crippen molar-refractivity contribution in [2.24, 2.45) is 5.10 Å². The number of nitrogens with zero attached hydrogens (tertiary/aromatic N) is 3. The standard InChI is InChI=1S/C13H14N4O7S.Na.H/c1-7(2)15-16-10-4-3-8(6-14-10)13(20)24-17-11(18)5-9(12(17)19)25(21,22)23;;/h3-4,6,9H,5H2,1-2H3,(H,14,16)(H,21,22,23);;/q;+1;-1. The molecule has 1 aliphatic rings. The first-order valence-electron chi connectivity index (χ1n) is 6.88. The van der Waals surface area contributed by atoms with Gasteiger partial charge in [0.05, 0.1) is 12.0 Å². The van der Waals surface area contributed by atoms with Crippen molar-refractivity contribution in [3.63, 3.8) is 0 Å². The molecule has 2 rings (SSSR count). The van der Waals surface area contributed by atoms with E-state index < -0.39 is 39.6 Å². The molecule has 1 saturated heterocycles. The molecule has 13 heteroatoms. The van der Waals surface area contributed by atoms with Crippen LogP contribution in [0.15, 0.2) is 23.4 Å². The number of hydrazone groups is 1. The number of rotatable bonds is 5. The van der Waals surface area contributed by atoms with Gasteiger partial charge in [0, 0.05) is 11.9 Å². The Morgan fingerprint density at radius 2 is 2.08 bits per heavy atom. The average Bonchev–Trinajstić information content (AvgIpc) is 2.81. The summed E-state index contributed by atoms with van der Waals surface area (Å²) in [5.41, 5.74) is 3.30. The van der Waals surface area contributed by atoms with Gasteiger partial charge in [-0.3, -0.25) is 19.6 Å². The Hall–Kier alpha value is -1.86. The first-order chi connectivity index (χ1) is 11.6. The van der Waals surface area contributed by atoms with Crippen LogP contribution in [0.3, 0.4) is 0 Å². The van der Waals surface area contributed by atoms with Crippen LogP contribution < -0.4 is 35.0 Å². The van der Waals surface area contributed by atoms with E-state index in [9.17, 15) is 22.8 Å². The summed E-state index contributed by atoms with van der Waals surface area (Å²) in [6.07, 6.45) is 0.316. The molecule has 0 aromatic carbocycles. The molecule has 26 heavy (non-hydrogen) atoms. The molecule has 0 saturated carbocycles. The number of hydrogen-bond donors (Lipinski definition) is 2. The van der Waals surface area contributed by atoms with E-state index in [4.69, 9.17) is 4.55 Å². The summed E-state index contributed by atoms with van der Waals surface area (Å²) in [6.45, 7) is 3.53. The summed E-state index contributed by atoms with van der Waals surface area (Å²) >= 11 is 0. The summed E-state index contributed by atoms with van der Waals surface area (Å²) in [6, 6.07) is 2.72. The fourth-order valence-corrected chi connectivity index (χ4v) is 2.50. The third-order valence-electron chi connectivity index (χ3n) is 2.99. The fourth-order valence-electron chi connectivity index (χ4n) is 1.80. The molecule has 1 aliphatic heterocycles. The SMILES string of the molecule is CC(C)=NNc1ccc(C(=O)ON2C(=O)CC(S(=O)(=O)O)C2=O)cn1.[H-].[Na+]. The van der Waals surface area contributed by atoms with E-state index in [-0.39, 0.29) is 41.6 Å². The van der Waals surface area contributed by atoms with E-state index in [1.54, 1.807) is 13.8 Å². The molecule has 1 aromatic rings. The van der Waals surface area contributed by atoms with Gasteiger partial charge >= 0.3 is 35.5 Å². The number of anilines is 1. The molecule has 0 radical (unpaired) electrons. The van der Waals surface area contributed by atoms with Crippen LogP contribution >= 0.6 is 0 Å². The molecule has 1 aromatic heterocycles. The molecule has 2 N–H and O–H groups in total. The van der Waals surface area contributed by atoms with Crippen molar-refractivity contribution in [3.8, 4) is 0 Å². The topological polar surface area (TPSA) is 155 Å². The van der Waals surface area contributed by atoms with Crippen molar-refractivity contribution in [1.29, 1.82) is 0 Å². The summed E-state index contributed by atoms with van der Waals surface area (Å²) in [7, 11) is -4.77. The number of amides is 2. The van der Waals surface area contributed by atoms with Crippen LogP contribution in [0.25, 0.3) is 0 Å². The first-order valence-corrected chi connectivity index (χ1v) is 8.38. The van der Waals surface area contributed by atoms with Gasteiger partial charge in [-0.25, -0.2) is 9.78 Å². The molecule has 0 bridgehead atoms. The van der Waals surface area contributed by atoms with Crippen LogP contribution in [0.2, 0.25) is 0 Å². The summed E-state index contributed by atoms with van der Waals surface area (Å²) in [5.74, 6) is -3.13. The Bertz CT molecular complexity index is 856. The number of hydroxylamine groups is 2. The Labute approximate surface area is 172 Å². The maximum atomic E-state index is 12.0. The molecule has 1 unspecified atom stereocenters. The van der Waals surface area contributed by atoms with Crippen molar-refractivity contribution >= 4 is 39.4 Å². The molecular weight excluding hydrogens is 379 g/mol. The zero-order chi connectivity index (χ0) is 18.8. The number of carbonyl (C=O) groups excluding carboxylic acids is 3. The van der Waals surface area contributed by atoms with E-state index in [1.807, 2.05) is 0 Å². The molecule has 2 heterocycles. The molecule has 1 fully saturated rings. The van der Waals surface area contributed by atoms with E-state index in [1.165, 1.54) is 12.1 Å². The maximum absolute atomic E-state index is 12.0. The van der Waals surface area contributed by atoms with Gasteiger partial charge in [0.25, 0.3) is 21.9 Å². The van der Waals surface area contributed by atoms with E-state index >= 15 is 0 Å². The second kappa shape index (κ2) is 8.68. The van der Waals surface area contributed by atoms with Crippen LogP contribution in [0.4, 0.5) is 5.82 Å². The van der Waals surface area contributed by atoms with Crippen LogP contribution in [-0.4, -0.2) is 51.8 Å². The zero-order valence-corrected chi connectivity index (χ0v) is 17.0. The van der Waals surface area contributed by atoms with Gasteiger partial charge in [0.2, 0.25) is 0 Å². The largest absolute Gasteiger partial charge is 1.00 e. The van der Waals surface area contributed by atoms with Crippen molar-refractivity contribution in [3.05, 3.63) is 23.9 Å². The van der Waals surface area contributed by atoms with Gasteiger partial charge in [0.15, 0.2) is 5.25 Å². The third kappa shape index (κ3) is 5.32. The number of imide groups is 1. The van der Waals surface area contributed by atoms with Crippen molar-refractivity contribution in [1.82, 2.24) is 10.0 Å². The minimum Gasteiger partial charge on any atom is -1.00 e. The number of nitrogens with one attached hydrogen (secondary N) is 1. The van der Waals surface area contributed by atoms with Gasteiger partial charge in [0.1, 0.15) is 5.82 Å². The molecule has 11 nitrogen and oxygen atoms in total. The average molecular weight is 394 g/mol. The van der Waals surface area contributed by atoms with Crippen molar-refractivity contribution < 1.29 is 63.2 Å². The van der Waals surface area contributed by atoms with Crippen LogP contribution in [0.5, 0.6) is 0 Å². The van der Waals surface area contributed by atoms with Gasteiger partial charge < -0.3 is 6.26 Å². The smallest absolute Gasteiger partial charge is 1.00 e. The monoisotopic (exact) mass is 394 g/mol. The van der Waals surface area contributed by atoms with E-state index in [0.717, 1.165) is 11.9 Å². The van der Waals surface area contributed by atoms with Gasteiger partial charge in [-0.05, 0) is 26.0 Å². The predicted octanol–water partition coefficient (Wildman–Crippen LogP) is -2.91. The number of carbonyl (C=O) groups is 3. The quantitative estimate of drug-likeness (QED) is 0.176. The minimum atomic E-state index is -4.77. The Morgan fingerprint density at radius 3 is 2.54 bits per heavy atom. The number of aromatic nitrogens is 1. The molecule has 0 aliphatic carbocycles. The Balaban J connectivity index is 0.00000338. The van der Waals surface area contributed by atoms with Gasteiger partial charge in [-0.2, -0.15) is 13.5 Å². The fraction of sp³-hybridized carbons (Fsp3) is 0.308. The molecule has 1 atom stereocenters. The van der Waals surface area contributed by atoms with Gasteiger partial charge in [-0.15, -0.1) is 5.06 Å².